The van der Waals surface area contributed by atoms with E-state index in [1.807, 2.05) is 20.8 Å². The number of hydrogen-bond donors (Lipinski definition) is 4. The molecule has 41 heavy (non-hydrogen) atoms. The van der Waals surface area contributed by atoms with E-state index in [0.717, 1.165) is 38.5 Å². The number of carboxylic acid groups (broad SMARTS) is 1. The molecule has 13 heteroatoms. The van der Waals surface area contributed by atoms with Gasteiger partial charge in [0.25, 0.3) is 0 Å². The molecule has 1 saturated carbocycles. The van der Waals surface area contributed by atoms with E-state index in [2.05, 4.69) is 16.0 Å². The van der Waals surface area contributed by atoms with Crippen molar-refractivity contribution in [1.29, 1.82) is 0 Å². The predicted octanol–water partition coefficient (Wildman–Crippen LogP) is 1.80. The first-order valence-electron chi connectivity index (χ1n) is 15.2. The van der Waals surface area contributed by atoms with Crippen molar-refractivity contribution >= 4 is 33.8 Å². The van der Waals surface area contributed by atoms with E-state index in [0.29, 0.717) is 45.2 Å². The SMILES string of the molecule is CC(C)(C)[C@@H](CN1CCCS1(=O)=O)NC(=O)N[C@H]1CCCCCCCC2C[C@@]2(C(=O)O)NC(=O)[C@@H]2CCCN2C1=O. The summed E-state index contributed by atoms with van der Waals surface area (Å²) < 4.78 is 26.2. The largest absolute Gasteiger partial charge is 0.479 e. The van der Waals surface area contributed by atoms with Gasteiger partial charge in [-0.1, -0.05) is 52.9 Å². The highest BCUT2D eigenvalue weighted by atomic mass is 32.2. The van der Waals surface area contributed by atoms with Crippen LogP contribution >= 0.6 is 0 Å². The molecule has 0 aromatic heterocycles. The van der Waals surface area contributed by atoms with Gasteiger partial charge in [0.15, 0.2) is 0 Å². The molecule has 4 fully saturated rings. The highest BCUT2D eigenvalue weighted by Gasteiger charge is 2.61. The lowest BCUT2D eigenvalue weighted by Crippen LogP contribution is -2.59. The van der Waals surface area contributed by atoms with Gasteiger partial charge in [0.2, 0.25) is 21.8 Å². The summed E-state index contributed by atoms with van der Waals surface area (Å²) in [5.41, 5.74) is -1.70. The van der Waals surface area contributed by atoms with Crippen LogP contribution in [0.1, 0.15) is 91.4 Å². The van der Waals surface area contributed by atoms with Gasteiger partial charge in [-0.3, -0.25) is 9.59 Å². The van der Waals surface area contributed by atoms with Crippen molar-refractivity contribution in [3.63, 3.8) is 0 Å². The van der Waals surface area contributed by atoms with Gasteiger partial charge < -0.3 is 26.0 Å². The van der Waals surface area contributed by atoms with Crippen LogP contribution in [0.15, 0.2) is 0 Å². The number of carboxylic acids is 1. The molecule has 232 valence electrons. The van der Waals surface area contributed by atoms with Crippen LogP contribution in [-0.4, -0.2) is 95.6 Å². The van der Waals surface area contributed by atoms with E-state index in [1.165, 1.54) is 9.21 Å². The molecule has 4 amide bonds. The molecule has 4 aliphatic rings. The maximum atomic E-state index is 13.8. The van der Waals surface area contributed by atoms with Crippen molar-refractivity contribution in [2.45, 2.75) is 115 Å². The fraction of sp³-hybridized carbons (Fsp3) is 0.857. The van der Waals surface area contributed by atoms with Crippen molar-refractivity contribution in [3.05, 3.63) is 0 Å². The molecule has 0 aromatic carbocycles. The van der Waals surface area contributed by atoms with Crippen molar-refractivity contribution in [3.8, 4) is 0 Å². The second kappa shape index (κ2) is 12.4. The number of fused-ring (bicyclic) bond motifs is 2. The Morgan fingerprint density at radius 1 is 1.02 bits per heavy atom. The lowest BCUT2D eigenvalue weighted by atomic mass is 9.86. The molecule has 4 rings (SSSR count). The van der Waals surface area contributed by atoms with E-state index in [1.54, 1.807) is 0 Å². The van der Waals surface area contributed by atoms with Crippen LogP contribution in [0, 0.1) is 11.3 Å². The van der Waals surface area contributed by atoms with Gasteiger partial charge in [0, 0.05) is 25.7 Å². The van der Waals surface area contributed by atoms with Crippen LogP contribution in [-0.2, 0) is 24.4 Å². The van der Waals surface area contributed by atoms with Crippen LogP contribution < -0.4 is 16.0 Å². The van der Waals surface area contributed by atoms with Gasteiger partial charge in [0.05, 0.1) is 5.75 Å². The minimum atomic E-state index is -3.34. The number of urea groups is 1. The van der Waals surface area contributed by atoms with E-state index in [4.69, 9.17) is 0 Å². The molecule has 5 atom stereocenters. The first kappa shape index (κ1) is 31.5. The second-order valence-corrected chi connectivity index (χ2v) is 15.4. The number of aliphatic carboxylic acids is 1. The number of rotatable bonds is 5. The molecule has 12 nitrogen and oxygen atoms in total. The summed E-state index contributed by atoms with van der Waals surface area (Å²) in [4.78, 5) is 54.0. The molecule has 3 aliphatic heterocycles. The maximum Gasteiger partial charge on any atom is 0.329 e. The summed E-state index contributed by atoms with van der Waals surface area (Å²) in [6.07, 6.45) is 7.54. The number of hydrogen-bond acceptors (Lipinski definition) is 6. The van der Waals surface area contributed by atoms with Gasteiger partial charge in [-0.25, -0.2) is 18.0 Å². The number of amides is 4. The van der Waals surface area contributed by atoms with Crippen LogP contribution in [0.5, 0.6) is 0 Å². The van der Waals surface area contributed by atoms with Gasteiger partial charge >= 0.3 is 12.0 Å². The zero-order valence-electron chi connectivity index (χ0n) is 24.6. The highest BCUT2D eigenvalue weighted by Crippen LogP contribution is 2.47. The summed E-state index contributed by atoms with van der Waals surface area (Å²) in [7, 11) is -3.34. The Morgan fingerprint density at radius 3 is 2.34 bits per heavy atom. The summed E-state index contributed by atoms with van der Waals surface area (Å²) in [6, 6.07) is -2.67. The van der Waals surface area contributed by atoms with Gasteiger partial charge in [-0.2, -0.15) is 4.31 Å². The third-order valence-corrected chi connectivity index (χ3v) is 11.2. The molecule has 3 saturated heterocycles. The van der Waals surface area contributed by atoms with E-state index in [9.17, 15) is 32.7 Å². The van der Waals surface area contributed by atoms with Crippen molar-refractivity contribution in [2.24, 2.45) is 11.3 Å². The third-order valence-electron chi connectivity index (χ3n) is 9.26. The van der Waals surface area contributed by atoms with Gasteiger partial charge in [-0.15, -0.1) is 0 Å². The van der Waals surface area contributed by atoms with E-state index >= 15 is 0 Å². The second-order valence-electron chi connectivity index (χ2n) is 13.3. The standard InChI is InChI=1S/C28H47N5O7S/c1-27(2,3)22(18-32-14-10-16-41(32,39)40)30-26(38)29-20-12-8-6-4-5-7-11-19-17-28(19,25(36)37)31-23(34)21-13-9-15-33(21)24(20)35/h19-22H,4-18H2,1-3H3,(H,31,34)(H,36,37)(H2,29,30,38)/t19?,20-,21-,22+,28+/m0/s1. The van der Waals surface area contributed by atoms with E-state index in [-0.39, 0.29) is 24.1 Å². The topological polar surface area (TPSA) is 165 Å². The van der Waals surface area contributed by atoms with Crippen LogP contribution in [0.2, 0.25) is 0 Å². The summed E-state index contributed by atoms with van der Waals surface area (Å²) in [5.74, 6) is -1.81. The monoisotopic (exact) mass is 597 g/mol. The summed E-state index contributed by atoms with van der Waals surface area (Å²) >= 11 is 0. The molecular formula is C28H47N5O7S. The molecule has 3 heterocycles. The third kappa shape index (κ3) is 7.33. The normalized spacial score (nSPS) is 32.1. The molecule has 1 unspecified atom stereocenters. The number of nitrogens with one attached hydrogen (secondary N) is 3. The zero-order chi connectivity index (χ0) is 30.0. The van der Waals surface area contributed by atoms with Crippen molar-refractivity contribution in [2.75, 3.05) is 25.4 Å². The average molecular weight is 598 g/mol. The van der Waals surface area contributed by atoms with Gasteiger partial charge in [-0.05, 0) is 49.9 Å². The van der Waals surface area contributed by atoms with Crippen LogP contribution in [0.25, 0.3) is 0 Å². The minimum Gasteiger partial charge on any atom is -0.479 e. The Morgan fingerprint density at radius 2 is 1.71 bits per heavy atom. The predicted molar refractivity (Wildman–Crippen MR) is 152 cm³/mol. The quantitative estimate of drug-likeness (QED) is 0.375. The lowest BCUT2D eigenvalue weighted by molar-refractivity contribution is -0.145. The first-order valence-corrected chi connectivity index (χ1v) is 16.8. The van der Waals surface area contributed by atoms with Crippen LogP contribution in [0.3, 0.4) is 0 Å². The van der Waals surface area contributed by atoms with Crippen molar-refractivity contribution in [1.82, 2.24) is 25.2 Å². The lowest BCUT2D eigenvalue weighted by Gasteiger charge is -2.35. The number of carbonyl (C=O) groups is 4. The Kier molecular flexibility index (Phi) is 9.57. The van der Waals surface area contributed by atoms with Gasteiger partial charge in [0.1, 0.15) is 17.6 Å². The molecule has 0 radical (unpaired) electrons. The fourth-order valence-corrected chi connectivity index (χ4v) is 8.01. The van der Waals surface area contributed by atoms with E-state index < -0.39 is 57.0 Å². The zero-order valence-corrected chi connectivity index (χ0v) is 25.4. The number of nitrogens with zero attached hydrogens (tertiary/aromatic N) is 2. The summed E-state index contributed by atoms with van der Waals surface area (Å²) in [5, 5.41) is 18.5. The molecular weight excluding hydrogens is 550 g/mol. The molecule has 1 aliphatic carbocycles. The summed E-state index contributed by atoms with van der Waals surface area (Å²) in [6.45, 7) is 6.71. The highest BCUT2D eigenvalue weighted by molar-refractivity contribution is 7.89. The maximum absolute atomic E-state index is 13.8. The molecule has 0 spiro atoms. The van der Waals surface area contributed by atoms with Crippen molar-refractivity contribution < 1.29 is 32.7 Å². The van der Waals surface area contributed by atoms with Crippen LogP contribution in [0.4, 0.5) is 4.79 Å². The smallest absolute Gasteiger partial charge is 0.329 e. The Bertz CT molecular complexity index is 1120. The average Bonchev–Trinajstić information content (AvgIpc) is 3.18. The molecule has 4 N–H and O–H groups in total. The first-order chi connectivity index (χ1) is 19.2. The fourth-order valence-electron chi connectivity index (χ4n) is 6.47. The Hall–Kier alpha value is -2.41. The minimum absolute atomic E-state index is 0.0935. The number of sulfonamides is 1. The molecule has 0 bridgehead atoms. The number of carbonyl (C=O) groups excluding carboxylic acids is 3. The molecule has 0 aromatic rings. The Balaban J connectivity index is 1.48. The Labute approximate surface area is 243 Å².